The van der Waals surface area contributed by atoms with Crippen LogP contribution in [0, 0.1) is 0 Å². The Kier molecular flexibility index (Phi) is 9.44. The zero-order valence-corrected chi connectivity index (χ0v) is 12.7. The largest absolute Gasteiger partial charge is 0.301 e. The number of piperidine rings is 1. The standard InChI is InChI=1S/C18H31N/c1-3-4-5-6-7-8-9-10-12-15-18(2)19-16-13-11-14-17-19/h3-7,18H,1,8-17H2,2H3. The van der Waals surface area contributed by atoms with Crippen molar-refractivity contribution in [2.45, 2.75) is 64.3 Å². The number of rotatable bonds is 9. The number of hydrogen-bond acceptors (Lipinski definition) is 1. The van der Waals surface area contributed by atoms with Crippen LogP contribution in [0.3, 0.4) is 0 Å². The average Bonchev–Trinajstić information content (AvgIpc) is 2.46. The molecule has 0 aromatic carbocycles. The van der Waals surface area contributed by atoms with Crippen molar-refractivity contribution < 1.29 is 0 Å². The van der Waals surface area contributed by atoms with Crippen molar-refractivity contribution in [3.8, 4) is 0 Å². The maximum Gasteiger partial charge on any atom is 0.00669 e. The minimum absolute atomic E-state index is 0.798. The Balaban J connectivity index is 1.96. The van der Waals surface area contributed by atoms with Crippen molar-refractivity contribution in [2.24, 2.45) is 0 Å². The second-order valence-electron chi connectivity index (χ2n) is 5.63. The van der Waals surface area contributed by atoms with Crippen molar-refractivity contribution in [1.82, 2.24) is 4.90 Å². The highest BCUT2D eigenvalue weighted by atomic mass is 15.1. The highest BCUT2D eigenvalue weighted by Gasteiger charge is 2.15. The summed E-state index contributed by atoms with van der Waals surface area (Å²) in [6, 6.07) is 0.798. The van der Waals surface area contributed by atoms with Crippen LogP contribution in [-0.4, -0.2) is 24.0 Å². The summed E-state index contributed by atoms with van der Waals surface area (Å²) in [7, 11) is 0. The number of allylic oxidation sites excluding steroid dienone is 5. The second kappa shape index (κ2) is 11.0. The zero-order valence-electron chi connectivity index (χ0n) is 12.7. The van der Waals surface area contributed by atoms with Gasteiger partial charge >= 0.3 is 0 Å². The van der Waals surface area contributed by atoms with E-state index in [1.165, 1.54) is 64.5 Å². The second-order valence-corrected chi connectivity index (χ2v) is 5.63. The van der Waals surface area contributed by atoms with Gasteiger partial charge in [0.1, 0.15) is 0 Å². The van der Waals surface area contributed by atoms with Gasteiger partial charge in [-0.3, -0.25) is 0 Å². The van der Waals surface area contributed by atoms with Crippen LogP contribution in [-0.2, 0) is 0 Å². The van der Waals surface area contributed by atoms with Crippen LogP contribution in [0.25, 0.3) is 0 Å². The molecule has 0 bridgehead atoms. The van der Waals surface area contributed by atoms with E-state index in [9.17, 15) is 0 Å². The van der Waals surface area contributed by atoms with Gasteiger partial charge in [0.2, 0.25) is 0 Å². The highest BCUT2D eigenvalue weighted by molar-refractivity contribution is 5.08. The van der Waals surface area contributed by atoms with Crippen LogP contribution >= 0.6 is 0 Å². The molecule has 0 radical (unpaired) electrons. The summed E-state index contributed by atoms with van der Waals surface area (Å²) in [5.74, 6) is 0. The van der Waals surface area contributed by atoms with E-state index in [-0.39, 0.29) is 0 Å². The zero-order chi connectivity index (χ0) is 13.8. The molecular weight excluding hydrogens is 230 g/mol. The first kappa shape index (κ1) is 16.2. The van der Waals surface area contributed by atoms with Gasteiger partial charge in [-0.1, -0.05) is 56.2 Å². The SMILES string of the molecule is C=CC=CC=CCCCCCC(C)N1CCCCC1. The van der Waals surface area contributed by atoms with Crippen LogP contribution in [0.5, 0.6) is 0 Å². The van der Waals surface area contributed by atoms with E-state index in [0.717, 1.165) is 6.04 Å². The summed E-state index contributed by atoms with van der Waals surface area (Å²) in [5.41, 5.74) is 0. The minimum Gasteiger partial charge on any atom is -0.301 e. The van der Waals surface area contributed by atoms with E-state index in [1.807, 2.05) is 18.2 Å². The van der Waals surface area contributed by atoms with Crippen molar-refractivity contribution in [2.75, 3.05) is 13.1 Å². The van der Waals surface area contributed by atoms with Gasteiger partial charge in [-0.2, -0.15) is 0 Å². The molecule has 1 atom stereocenters. The molecule has 0 aromatic rings. The molecular formula is C18H31N. The Bertz CT molecular complexity index is 271. The fraction of sp³-hybridized carbons (Fsp3) is 0.667. The van der Waals surface area contributed by atoms with Crippen LogP contribution in [0.1, 0.15) is 58.3 Å². The van der Waals surface area contributed by atoms with E-state index >= 15 is 0 Å². The molecule has 1 nitrogen and oxygen atoms in total. The van der Waals surface area contributed by atoms with E-state index in [1.54, 1.807) is 0 Å². The number of likely N-dealkylation sites (tertiary alicyclic amines) is 1. The number of unbranched alkanes of at least 4 members (excludes halogenated alkanes) is 3. The van der Waals surface area contributed by atoms with Gasteiger partial charge in [0, 0.05) is 6.04 Å². The molecule has 1 fully saturated rings. The van der Waals surface area contributed by atoms with Crippen molar-refractivity contribution in [3.05, 3.63) is 37.0 Å². The molecule has 1 saturated heterocycles. The topological polar surface area (TPSA) is 3.24 Å². The Labute approximate surface area is 120 Å². The first-order valence-corrected chi connectivity index (χ1v) is 8.03. The average molecular weight is 261 g/mol. The predicted molar refractivity (Wildman–Crippen MR) is 86.4 cm³/mol. The molecule has 0 saturated carbocycles. The van der Waals surface area contributed by atoms with Crippen LogP contribution in [0.15, 0.2) is 37.0 Å². The Hall–Kier alpha value is -0.820. The van der Waals surface area contributed by atoms with E-state index in [4.69, 9.17) is 0 Å². The van der Waals surface area contributed by atoms with Crippen molar-refractivity contribution >= 4 is 0 Å². The maximum atomic E-state index is 3.65. The molecule has 1 aliphatic heterocycles. The Morgan fingerprint density at radius 2 is 1.79 bits per heavy atom. The Morgan fingerprint density at radius 3 is 2.53 bits per heavy atom. The first-order chi connectivity index (χ1) is 9.34. The number of hydrogen-bond donors (Lipinski definition) is 0. The lowest BCUT2D eigenvalue weighted by Gasteiger charge is -2.32. The quantitative estimate of drug-likeness (QED) is 0.412. The van der Waals surface area contributed by atoms with Gasteiger partial charge < -0.3 is 4.90 Å². The normalized spacial score (nSPS) is 19.2. The van der Waals surface area contributed by atoms with Crippen LogP contribution in [0.4, 0.5) is 0 Å². The Morgan fingerprint density at radius 1 is 1.00 bits per heavy atom. The monoisotopic (exact) mass is 261 g/mol. The fourth-order valence-electron chi connectivity index (χ4n) is 2.74. The highest BCUT2D eigenvalue weighted by Crippen LogP contribution is 2.16. The molecule has 0 spiro atoms. The van der Waals surface area contributed by atoms with Gasteiger partial charge in [-0.05, 0) is 52.1 Å². The summed E-state index contributed by atoms with van der Waals surface area (Å²) in [5, 5.41) is 0. The summed E-state index contributed by atoms with van der Waals surface area (Å²) in [6.07, 6.45) is 21.1. The molecule has 108 valence electrons. The number of nitrogens with zero attached hydrogens (tertiary/aromatic N) is 1. The molecule has 0 aliphatic carbocycles. The summed E-state index contributed by atoms with van der Waals surface area (Å²) >= 11 is 0. The third-order valence-corrected chi connectivity index (χ3v) is 4.00. The van der Waals surface area contributed by atoms with Gasteiger partial charge in [0.05, 0.1) is 0 Å². The third kappa shape index (κ3) is 8.05. The summed E-state index contributed by atoms with van der Waals surface area (Å²) < 4.78 is 0. The molecule has 0 amide bonds. The van der Waals surface area contributed by atoms with E-state index in [0.29, 0.717) is 0 Å². The summed E-state index contributed by atoms with van der Waals surface area (Å²) in [4.78, 5) is 2.68. The fourth-order valence-corrected chi connectivity index (χ4v) is 2.74. The molecule has 1 unspecified atom stereocenters. The van der Waals surface area contributed by atoms with Gasteiger partial charge in [0.25, 0.3) is 0 Å². The molecule has 1 aliphatic rings. The molecule has 1 heteroatoms. The van der Waals surface area contributed by atoms with Gasteiger partial charge in [-0.15, -0.1) is 0 Å². The minimum atomic E-state index is 0.798. The smallest absolute Gasteiger partial charge is 0.00669 e. The van der Waals surface area contributed by atoms with Crippen molar-refractivity contribution in [3.63, 3.8) is 0 Å². The first-order valence-electron chi connectivity index (χ1n) is 8.03. The van der Waals surface area contributed by atoms with Crippen molar-refractivity contribution in [1.29, 1.82) is 0 Å². The third-order valence-electron chi connectivity index (χ3n) is 4.00. The van der Waals surface area contributed by atoms with Gasteiger partial charge in [0.15, 0.2) is 0 Å². The lowest BCUT2D eigenvalue weighted by atomic mass is 10.0. The van der Waals surface area contributed by atoms with Crippen LogP contribution in [0.2, 0.25) is 0 Å². The summed E-state index contributed by atoms with van der Waals surface area (Å²) in [6.45, 7) is 8.72. The maximum absolute atomic E-state index is 3.65. The van der Waals surface area contributed by atoms with E-state index < -0.39 is 0 Å². The molecule has 0 N–H and O–H groups in total. The molecule has 1 rings (SSSR count). The molecule has 0 aromatic heterocycles. The lowest BCUT2D eigenvalue weighted by Crippen LogP contribution is -2.37. The predicted octanol–water partition coefficient (Wildman–Crippen LogP) is 5.11. The lowest BCUT2D eigenvalue weighted by molar-refractivity contribution is 0.164. The van der Waals surface area contributed by atoms with Gasteiger partial charge in [-0.25, -0.2) is 0 Å². The molecule has 1 heterocycles. The van der Waals surface area contributed by atoms with Crippen LogP contribution < -0.4 is 0 Å². The van der Waals surface area contributed by atoms with E-state index in [2.05, 4.69) is 30.6 Å². The molecule has 19 heavy (non-hydrogen) atoms.